The highest BCUT2D eigenvalue weighted by molar-refractivity contribution is 6.30. The van der Waals surface area contributed by atoms with Crippen molar-refractivity contribution in [1.82, 2.24) is 10.2 Å². The first-order valence-corrected chi connectivity index (χ1v) is 6.49. The van der Waals surface area contributed by atoms with Crippen LogP contribution >= 0.6 is 11.6 Å². The second kappa shape index (κ2) is 4.74. The molecule has 2 saturated heterocycles. The molecular weight excluding hydrogens is 268 g/mol. The van der Waals surface area contributed by atoms with Crippen molar-refractivity contribution < 1.29 is 14.3 Å². The fourth-order valence-corrected chi connectivity index (χ4v) is 2.73. The Morgan fingerprint density at radius 3 is 3.05 bits per heavy atom. The van der Waals surface area contributed by atoms with Gasteiger partial charge in [0.25, 0.3) is 5.91 Å². The summed E-state index contributed by atoms with van der Waals surface area (Å²) in [4.78, 5) is 25.1. The molecule has 2 heterocycles. The van der Waals surface area contributed by atoms with Crippen LogP contribution in [-0.2, 0) is 9.59 Å². The Labute approximate surface area is 115 Å². The number of rotatable bonds is 3. The first-order valence-electron chi connectivity index (χ1n) is 6.12. The largest absolute Gasteiger partial charge is 0.484 e. The van der Waals surface area contributed by atoms with Crippen LogP contribution < -0.4 is 10.1 Å². The first-order chi connectivity index (χ1) is 9.13. The Bertz CT molecular complexity index is 534. The third kappa shape index (κ3) is 2.38. The van der Waals surface area contributed by atoms with Gasteiger partial charge in [-0.15, -0.1) is 0 Å². The number of nitrogens with zero attached hydrogens (tertiary/aromatic N) is 1. The molecule has 2 fully saturated rings. The number of piperazine rings is 1. The predicted octanol–water partition coefficient (Wildman–Crippen LogP) is 0.818. The van der Waals surface area contributed by atoms with Gasteiger partial charge in [-0.25, -0.2) is 0 Å². The highest BCUT2D eigenvalue weighted by Crippen LogP contribution is 2.24. The molecule has 0 saturated carbocycles. The number of hydrogen-bond donors (Lipinski definition) is 1. The van der Waals surface area contributed by atoms with E-state index in [-0.39, 0.29) is 30.5 Å². The normalized spacial score (nSPS) is 24.5. The number of carbonyl (C=O) groups is 2. The van der Waals surface area contributed by atoms with Crippen LogP contribution in [0.2, 0.25) is 5.02 Å². The zero-order valence-corrected chi connectivity index (χ0v) is 10.9. The van der Waals surface area contributed by atoms with Crippen molar-refractivity contribution in [1.29, 1.82) is 0 Å². The Hall–Kier alpha value is -1.75. The zero-order chi connectivity index (χ0) is 13.4. The van der Waals surface area contributed by atoms with Crippen molar-refractivity contribution in [2.45, 2.75) is 18.5 Å². The number of amides is 2. The minimum atomic E-state index is -0.319. The van der Waals surface area contributed by atoms with E-state index >= 15 is 0 Å². The van der Waals surface area contributed by atoms with Gasteiger partial charge in [0, 0.05) is 17.6 Å². The van der Waals surface area contributed by atoms with Gasteiger partial charge >= 0.3 is 0 Å². The fourth-order valence-electron chi connectivity index (χ4n) is 2.55. The van der Waals surface area contributed by atoms with Crippen LogP contribution in [0.1, 0.15) is 6.42 Å². The Balaban J connectivity index is 1.59. The van der Waals surface area contributed by atoms with E-state index in [9.17, 15) is 9.59 Å². The van der Waals surface area contributed by atoms with E-state index < -0.39 is 0 Å². The Kier molecular flexibility index (Phi) is 3.06. The SMILES string of the molecule is O=C1N[C@H]2C[C@@H]1N(C(=O)COc1cccc(Cl)c1)C2. The summed E-state index contributed by atoms with van der Waals surface area (Å²) in [6.07, 6.45) is 0.710. The summed E-state index contributed by atoms with van der Waals surface area (Å²) in [5.74, 6) is 0.323. The summed E-state index contributed by atoms with van der Waals surface area (Å²) in [5.41, 5.74) is 0. The summed E-state index contributed by atoms with van der Waals surface area (Å²) in [6, 6.07) is 6.67. The third-order valence-electron chi connectivity index (χ3n) is 3.43. The minimum Gasteiger partial charge on any atom is -0.484 e. The average Bonchev–Trinajstić information content (AvgIpc) is 2.95. The molecule has 2 bridgehead atoms. The number of carbonyl (C=O) groups excluding carboxylic acids is 2. The van der Waals surface area contributed by atoms with Gasteiger partial charge in [0.05, 0.1) is 0 Å². The maximum atomic E-state index is 12.0. The standard InChI is InChI=1S/C13H13ClN2O3/c14-8-2-1-3-10(4-8)19-7-12(17)16-6-9-5-11(16)13(18)15-9/h1-4,9,11H,5-7H2,(H,15,18)/t9-,11-/m0/s1. The van der Waals surface area contributed by atoms with Gasteiger partial charge in [0.2, 0.25) is 5.91 Å². The lowest BCUT2D eigenvalue weighted by molar-refractivity contribution is -0.141. The quantitative estimate of drug-likeness (QED) is 0.892. The molecule has 3 rings (SSSR count). The second-order valence-electron chi connectivity index (χ2n) is 4.75. The number of ether oxygens (including phenoxy) is 1. The van der Waals surface area contributed by atoms with Gasteiger partial charge in [0.15, 0.2) is 6.61 Å². The molecule has 0 unspecified atom stereocenters. The van der Waals surface area contributed by atoms with E-state index in [1.807, 2.05) is 0 Å². The first kappa shape index (κ1) is 12.3. The maximum Gasteiger partial charge on any atom is 0.261 e. The number of fused-ring (bicyclic) bond motifs is 2. The Morgan fingerprint density at radius 1 is 1.53 bits per heavy atom. The molecule has 0 spiro atoms. The van der Waals surface area contributed by atoms with Crippen LogP contribution in [0.3, 0.4) is 0 Å². The van der Waals surface area contributed by atoms with E-state index in [4.69, 9.17) is 16.3 Å². The topological polar surface area (TPSA) is 58.6 Å². The molecule has 100 valence electrons. The van der Waals surface area contributed by atoms with E-state index in [1.165, 1.54) is 0 Å². The highest BCUT2D eigenvalue weighted by atomic mass is 35.5. The van der Waals surface area contributed by atoms with E-state index in [2.05, 4.69) is 5.32 Å². The summed E-state index contributed by atoms with van der Waals surface area (Å²) in [7, 11) is 0. The second-order valence-corrected chi connectivity index (χ2v) is 5.19. The lowest BCUT2D eigenvalue weighted by atomic mass is 10.2. The molecule has 2 aliphatic rings. The van der Waals surface area contributed by atoms with Gasteiger partial charge in [0.1, 0.15) is 11.8 Å². The maximum absolute atomic E-state index is 12.0. The third-order valence-corrected chi connectivity index (χ3v) is 3.66. The molecule has 0 aliphatic carbocycles. The van der Waals surface area contributed by atoms with E-state index in [1.54, 1.807) is 29.2 Å². The van der Waals surface area contributed by atoms with E-state index in [0.717, 1.165) is 0 Å². The lowest BCUT2D eigenvalue weighted by Crippen LogP contribution is -2.51. The minimum absolute atomic E-state index is 0.0626. The number of benzene rings is 1. The Morgan fingerprint density at radius 2 is 2.37 bits per heavy atom. The summed E-state index contributed by atoms with van der Waals surface area (Å²) in [5, 5.41) is 3.39. The zero-order valence-electron chi connectivity index (χ0n) is 10.1. The van der Waals surface area contributed by atoms with Crippen molar-refractivity contribution >= 4 is 23.4 Å². The fraction of sp³-hybridized carbons (Fsp3) is 0.385. The van der Waals surface area contributed by atoms with Crippen LogP contribution in [0, 0.1) is 0 Å². The summed E-state index contributed by atoms with van der Waals surface area (Å²) < 4.78 is 5.40. The summed E-state index contributed by atoms with van der Waals surface area (Å²) in [6.45, 7) is 0.505. The van der Waals surface area contributed by atoms with Gasteiger partial charge in [-0.3, -0.25) is 9.59 Å². The van der Waals surface area contributed by atoms with Gasteiger partial charge in [-0.05, 0) is 24.6 Å². The highest BCUT2D eigenvalue weighted by Gasteiger charge is 2.46. The van der Waals surface area contributed by atoms with Crippen molar-refractivity contribution in [3.8, 4) is 5.75 Å². The van der Waals surface area contributed by atoms with Gasteiger partial charge in [-0.1, -0.05) is 17.7 Å². The van der Waals surface area contributed by atoms with Crippen LogP contribution in [-0.4, -0.2) is 41.9 Å². The number of nitrogens with one attached hydrogen (secondary N) is 1. The van der Waals surface area contributed by atoms with Crippen molar-refractivity contribution in [2.24, 2.45) is 0 Å². The van der Waals surface area contributed by atoms with Crippen molar-refractivity contribution in [2.75, 3.05) is 13.2 Å². The molecule has 19 heavy (non-hydrogen) atoms. The van der Waals surface area contributed by atoms with Gasteiger partial charge < -0.3 is 15.0 Å². The van der Waals surface area contributed by atoms with Gasteiger partial charge in [-0.2, -0.15) is 0 Å². The molecule has 6 heteroatoms. The molecule has 5 nitrogen and oxygen atoms in total. The molecule has 0 aromatic heterocycles. The number of hydrogen-bond acceptors (Lipinski definition) is 3. The van der Waals surface area contributed by atoms with E-state index in [0.29, 0.717) is 23.7 Å². The molecule has 1 aromatic rings. The molecule has 2 aliphatic heterocycles. The van der Waals surface area contributed by atoms with Crippen LogP contribution in [0.4, 0.5) is 0 Å². The monoisotopic (exact) mass is 280 g/mol. The molecule has 1 N–H and O–H groups in total. The molecular formula is C13H13ClN2O3. The van der Waals surface area contributed by atoms with Crippen molar-refractivity contribution in [3.05, 3.63) is 29.3 Å². The molecule has 2 atom stereocenters. The van der Waals surface area contributed by atoms with Crippen LogP contribution in [0.5, 0.6) is 5.75 Å². The predicted molar refractivity (Wildman–Crippen MR) is 69.0 cm³/mol. The lowest BCUT2D eigenvalue weighted by Gasteiger charge is -2.26. The van der Waals surface area contributed by atoms with Crippen molar-refractivity contribution in [3.63, 3.8) is 0 Å². The average molecular weight is 281 g/mol. The molecule has 0 radical (unpaired) electrons. The van der Waals surface area contributed by atoms with Crippen LogP contribution in [0.25, 0.3) is 0 Å². The smallest absolute Gasteiger partial charge is 0.261 e. The molecule has 1 aromatic carbocycles. The summed E-state index contributed by atoms with van der Waals surface area (Å²) >= 11 is 5.83. The number of halogens is 1. The number of likely N-dealkylation sites (tertiary alicyclic amines) is 1. The van der Waals surface area contributed by atoms with Crippen LogP contribution in [0.15, 0.2) is 24.3 Å². The molecule has 2 amide bonds.